The molecule has 0 heterocycles. The molecule has 0 fully saturated rings. The molecule has 0 atom stereocenters. The number of nitrogens with one attached hydrogen (secondary N) is 1. The van der Waals surface area contributed by atoms with Crippen molar-refractivity contribution >= 4 is 33.0 Å². The van der Waals surface area contributed by atoms with Crippen LogP contribution in [-0.2, 0) is 10.0 Å². The Hall–Kier alpha value is -2.12. The van der Waals surface area contributed by atoms with Crippen LogP contribution in [-0.4, -0.2) is 13.3 Å². The maximum Gasteiger partial charge on any atom is 0.289 e. The van der Waals surface area contributed by atoms with Gasteiger partial charge in [-0.15, -0.1) is 0 Å². The van der Waals surface area contributed by atoms with Crippen LogP contribution in [0.15, 0.2) is 29.2 Å². The third-order valence-corrected chi connectivity index (χ3v) is 5.93. The minimum atomic E-state index is -3.89. The number of hydrogen-bond acceptors (Lipinski definition) is 4. The Bertz CT molecular complexity index is 913. The van der Waals surface area contributed by atoms with E-state index in [0.29, 0.717) is 11.1 Å². The van der Waals surface area contributed by atoms with Gasteiger partial charge in [0.1, 0.15) is 5.02 Å². The highest BCUT2D eigenvalue weighted by Crippen LogP contribution is 2.31. The number of aryl methyl sites for hydroxylation is 2. The number of rotatable bonds is 4. The van der Waals surface area contributed by atoms with Crippen LogP contribution in [0.3, 0.4) is 0 Å². The van der Waals surface area contributed by atoms with Crippen molar-refractivity contribution in [2.45, 2.75) is 32.6 Å². The average Bonchev–Trinajstić information content (AvgIpc) is 2.46. The third-order valence-electron chi connectivity index (χ3n) is 3.96. The van der Waals surface area contributed by atoms with Crippen LogP contribution < -0.4 is 4.72 Å². The second-order valence-electron chi connectivity index (χ2n) is 5.62. The lowest BCUT2D eigenvalue weighted by Gasteiger charge is -2.16. The SMILES string of the molecule is Cc1cc(C)c(C)c(S(=O)(=O)Nc2ccc(Cl)c([N+](=O)[O-])c2)c1C. The fourth-order valence-corrected chi connectivity index (χ4v) is 4.36. The highest BCUT2D eigenvalue weighted by Gasteiger charge is 2.23. The lowest BCUT2D eigenvalue weighted by atomic mass is 10.0. The highest BCUT2D eigenvalue weighted by molar-refractivity contribution is 7.92. The molecule has 8 heteroatoms. The molecule has 128 valence electrons. The summed E-state index contributed by atoms with van der Waals surface area (Å²) in [5.41, 5.74) is 2.75. The van der Waals surface area contributed by atoms with Crippen molar-refractivity contribution in [1.82, 2.24) is 0 Å². The molecule has 0 unspecified atom stereocenters. The van der Waals surface area contributed by atoms with Gasteiger partial charge in [-0.2, -0.15) is 0 Å². The lowest BCUT2D eigenvalue weighted by molar-refractivity contribution is -0.384. The van der Waals surface area contributed by atoms with Crippen molar-refractivity contribution in [1.29, 1.82) is 0 Å². The molecule has 0 radical (unpaired) electrons. The van der Waals surface area contributed by atoms with Gasteiger partial charge in [-0.25, -0.2) is 8.42 Å². The summed E-state index contributed by atoms with van der Waals surface area (Å²) in [5.74, 6) is 0. The molecule has 0 aliphatic carbocycles. The second kappa shape index (κ2) is 6.41. The van der Waals surface area contributed by atoms with Crippen LogP contribution in [0.1, 0.15) is 22.3 Å². The summed E-state index contributed by atoms with van der Waals surface area (Å²) in [6.07, 6.45) is 0. The van der Waals surface area contributed by atoms with Crippen LogP contribution in [0.4, 0.5) is 11.4 Å². The van der Waals surface area contributed by atoms with Gasteiger partial charge in [0.25, 0.3) is 15.7 Å². The van der Waals surface area contributed by atoms with Crippen molar-refractivity contribution in [3.63, 3.8) is 0 Å². The number of nitrogens with zero attached hydrogens (tertiary/aromatic N) is 1. The maximum atomic E-state index is 12.8. The minimum absolute atomic E-state index is 0.0540. The van der Waals surface area contributed by atoms with Crippen molar-refractivity contribution in [2.75, 3.05) is 4.72 Å². The molecule has 0 saturated heterocycles. The van der Waals surface area contributed by atoms with Gasteiger partial charge in [-0.1, -0.05) is 17.7 Å². The Morgan fingerprint density at radius 1 is 1.04 bits per heavy atom. The fraction of sp³-hybridized carbons (Fsp3) is 0.250. The van der Waals surface area contributed by atoms with Gasteiger partial charge in [-0.05, 0) is 62.1 Å². The predicted octanol–water partition coefficient (Wildman–Crippen LogP) is 4.28. The van der Waals surface area contributed by atoms with Crippen LogP contribution in [0.2, 0.25) is 5.02 Å². The number of nitro benzene ring substituents is 1. The predicted molar refractivity (Wildman–Crippen MR) is 94.3 cm³/mol. The zero-order valence-corrected chi connectivity index (χ0v) is 15.2. The van der Waals surface area contributed by atoms with Crippen LogP contribution in [0.5, 0.6) is 0 Å². The Morgan fingerprint density at radius 3 is 2.08 bits per heavy atom. The second-order valence-corrected chi connectivity index (χ2v) is 7.64. The zero-order valence-electron chi connectivity index (χ0n) is 13.7. The van der Waals surface area contributed by atoms with E-state index in [1.807, 2.05) is 19.9 Å². The summed E-state index contributed by atoms with van der Waals surface area (Å²) in [4.78, 5) is 10.5. The monoisotopic (exact) mass is 368 g/mol. The first-order valence-corrected chi connectivity index (χ1v) is 8.95. The molecule has 24 heavy (non-hydrogen) atoms. The number of nitro groups is 1. The van der Waals surface area contributed by atoms with E-state index in [4.69, 9.17) is 11.6 Å². The average molecular weight is 369 g/mol. The third kappa shape index (κ3) is 3.37. The van der Waals surface area contributed by atoms with Crippen molar-refractivity contribution in [3.05, 3.63) is 61.7 Å². The molecule has 0 aliphatic rings. The molecule has 6 nitrogen and oxygen atoms in total. The minimum Gasteiger partial charge on any atom is -0.279 e. The Labute approximate surface area is 145 Å². The first kappa shape index (κ1) is 18.2. The van der Waals surface area contributed by atoms with Crippen LogP contribution in [0.25, 0.3) is 0 Å². The van der Waals surface area contributed by atoms with E-state index >= 15 is 0 Å². The van der Waals surface area contributed by atoms with Gasteiger partial charge < -0.3 is 0 Å². The molecule has 0 aromatic heterocycles. The number of halogens is 1. The smallest absolute Gasteiger partial charge is 0.279 e. The van der Waals surface area contributed by atoms with E-state index in [-0.39, 0.29) is 21.3 Å². The van der Waals surface area contributed by atoms with Crippen molar-refractivity contribution in [2.24, 2.45) is 0 Å². The lowest BCUT2D eigenvalue weighted by Crippen LogP contribution is -2.17. The fourth-order valence-electron chi connectivity index (χ4n) is 2.51. The first-order valence-electron chi connectivity index (χ1n) is 7.08. The van der Waals surface area contributed by atoms with E-state index in [2.05, 4.69) is 4.72 Å². The largest absolute Gasteiger partial charge is 0.289 e. The summed E-state index contributed by atoms with van der Waals surface area (Å²) >= 11 is 5.75. The molecule has 2 aromatic carbocycles. The summed E-state index contributed by atoms with van der Waals surface area (Å²) in [6, 6.07) is 5.71. The van der Waals surface area contributed by atoms with Crippen LogP contribution >= 0.6 is 11.6 Å². The highest BCUT2D eigenvalue weighted by atomic mass is 35.5. The van der Waals surface area contributed by atoms with E-state index < -0.39 is 14.9 Å². The van der Waals surface area contributed by atoms with E-state index in [0.717, 1.165) is 17.2 Å². The molecule has 0 amide bonds. The summed E-state index contributed by atoms with van der Waals surface area (Å²) in [7, 11) is -3.89. The Morgan fingerprint density at radius 2 is 1.58 bits per heavy atom. The van der Waals surface area contributed by atoms with Gasteiger partial charge in [0.2, 0.25) is 0 Å². The number of hydrogen-bond donors (Lipinski definition) is 1. The zero-order chi connectivity index (χ0) is 18.2. The summed E-state index contributed by atoms with van der Waals surface area (Å²) in [5, 5.41) is 10.9. The molecule has 2 aromatic rings. The van der Waals surface area contributed by atoms with Gasteiger partial charge >= 0.3 is 0 Å². The summed E-state index contributed by atoms with van der Waals surface area (Å²) < 4.78 is 28.0. The quantitative estimate of drug-likeness (QED) is 0.644. The first-order chi connectivity index (χ1) is 11.0. The molecular formula is C16H17ClN2O4S. The summed E-state index contributed by atoms with van der Waals surface area (Å²) in [6.45, 7) is 7.16. The van der Waals surface area contributed by atoms with Gasteiger partial charge in [0, 0.05) is 6.07 Å². The molecule has 0 saturated carbocycles. The number of sulfonamides is 1. The van der Waals surface area contributed by atoms with E-state index in [1.165, 1.54) is 12.1 Å². The molecule has 2 rings (SSSR count). The molecule has 0 bridgehead atoms. The normalized spacial score (nSPS) is 11.4. The molecular weight excluding hydrogens is 352 g/mol. The molecule has 0 aliphatic heterocycles. The standard InChI is InChI=1S/C16H17ClN2O4S/c1-9-7-10(2)12(4)16(11(9)3)24(22,23)18-13-5-6-14(17)15(8-13)19(20)21/h5-8,18H,1-4H3. The van der Waals surface area contributed by atoms with Gasteiger partial charge in [0.15, 0.2) is 0 Å². The maximum absolute atomic E-state index is 12.8. The van der Waals surface area contributed by atoms with Crippen LogP contribution in [0, 0.1) is 37.8 Å². The Balaban J connectivity index is 2.55. The van der Waals surface area contributed by atoms with E-state index in [1.54, 1.807) is 13.8 Å². The van der Waals surface area contributed by atoms with Crippen molar-refractivity contribution in [3.8, 4) is 0 Å². The van der Waals surface area contributed by atoms with E-state index in [9.17, 15) is 18.5 Å². The molecule has 1 N–H and O–H groups in total. The van der Waals surface area contributed by atoms with Gasteiger partial charge in [-0.3, -0.25) is 14.8 Å². The van der Waals surface area contributed by atoms with Crippen molar-refractivity contribution < 1.29 is 13.3 Å². The molecule has 0 spiro atoms. The Kier molecular flexibility index (Phi) is 4.87. The topological polar surface area (TPSA) is 89.3 Å². The number of anilines is 1. The van der Waals surface area contributed by atoms with Gasteiger partial charge in [0.05, 0.1) is 15.5 Å². The number of benzene rings is 2.